The van der Waals surface area contributed by atoms with Crippen LogP contribution in [-0.4, -0.2) is 41.4 Å². The molecular weight excluding hydrogens is 446 g/mol. The Morgan fingerprint density at radius 1 is 1.09 bits per heavy atom. The standard InChI is InChI=1S/C27H31N3O3S/c1-4-33-24-12-8-6-10-22(24)26-28-20(17-34-26)14-25(31)29-23-11-7-5-9-21(23)27(32)30-15-18(2)13-19(3)16-30/h5-12,17-19H,4,13-16H2,1-3H3,(H,29,31). The van der Waals surface area contributed by atoms with E-state index in [1.165, 1.54) is 11.3 Å². The lowest BCUT2D eigenvalue weighted by atomic mass is 9.91. The van der Waals surface area contributed by atoms with E-state index in [0.29, 0.717) is 35.4 Å². The van der Waals surface area contributed by atoms with Crippen molar-refractivity contribution in [3.63, 3.8) is 0 Å². The van der Waals surface area contributed by atoms with E-state index in [1.54, 1.807) is 12.1 Å². The number of para-hydroxylation sites is 2. The number of hydrogen-bond donors (Lipinski definition) is 1. The summed E-state index contributed by atoms with van der Waals surface area (Å²) in [4.78, 5) is 32.7. The van der Waals surface area contributed by atoms with Gasteiger partial charge in [-0.15, -0.1) is 11.3 Å². The van der Waals surface area contributed by atoms with Gasteiger partial charge in [0.05, 0.1) is 35.5 Å². The van der Waals surface area contributed by atoms with Crippen LogP contribution < -0.4 is 10.1 Å². The fourth-order valence-corrected chi connectivity index (χ4v) is 5.42. The van der Waals surface area contributed by atoms with Gasteiger partial charge < -0.3 is 15.0 Å². The Hall–Kier alpha value is -3.19. The van der Waals surface area contributed by atoms with Gasteiger partial charge in [0.25, 0.3) is 5.91 Å². The first-order chi connectivity index (χ1) is 16.4. The van der Waals surface area contributed by atoms with Crippen molar-refractivity contribution >= 4 is 28.8 Å². The van der Waals surface area contributed by atoms with Gasteiger partial charge in [0.15, 0.2) is 0 Å². The molecule has 1 aliphatic heterocycles. The number of piperidine rings is 1. The SMILES string of the molecule is CCOc1ccccc1-c1nc(CC(=O)Nc2ccccc2C(=O)N2CC(C)CC(C)C2)cs1. The second kappa shape index (κ2) is 10.8. The van der Waals surface area contributed by atoms with Crippen LogP contribution in [0.4, 0.5) is 5.69 Å². The number of carbonyl (C=O) groups is 2. The van der Waals surface area contributed by atoms with Gasteiger partial charge in [-0.3, -0.25) is 9.59 Å². The zero-order valence-electron chi connectivity index (χ0n) is 19.9. The molecule has 1 aliphatic rings. The maximum atomic E-state index is 13.2. The number of thiazole rings is 1. The van der Waals surface area contributed by atoms with Gasteiger partial charge in [0.2, 0.25) is 5.91 Å². The van der Waals surface area contributed by atoms with Crippen molar-refractivity contribution in [1.29, 1.82) is 0 Å². The van der Waals surface area contributed by atoms with Gasteiger partial charge >= 0.3 is 0 Å². The highest BCUT2D eigenvalue weighted by Crippen LogP contribution is 2.32. The Labute approximate surface area is 205 Å². The summed E-state index contributed by atoms with van der Waals surface area (Å²) < 4.78 is 5.71. The van der Waals surface area contributed by atoms with Gasteiger partial charge in [0, 0.05) is 18.5 Å². The molecule has 6 nitrogen and oxygen atoms in total. The zero-order valence-corrected chi connectivity index (χ0v) is 20.7. The molecule has 0 saturated carbocycles. The molecule has 3 aromatic rings. The highest BCUT2D eigenvalue weighted by Gasteiger charge is 2.27. The minimum absolute atomic E-state index is 0.0298. The molecule has 34 heavy (non-hydrogen) atoms. The molecule has 178 valence electrons. The Balaban J connectivity index is 1.45. The number of likely N-dealkylation sites (tertiary alicyclic amines) is 1. The number of anilines is 1. The van der Waals surface area contributed by atoms with Crippen molar-refractivity contribution in [2.75, 3.05) is 25.0 Å². The highest BCUT2D eigenvalue weighted by molar-refractivity contribution is 7.13. The van der Waals surface area contributed by atoms with Crippen LogP contribution in [0, 0.1) is 11.8 Å². The van der Waals surface area contributed by atoms with Gasteiger partial charge in [-0.2, -0.15) is 0 Å². The number of benzene rings is 2. The third kappa shape index (κ3) is 5.65. The average Bonchev–Trinajstić information content (AvgIpc) is 3.27. The van der Waals surface area contributed by atoms with Crippen molar-refractivity contribution in [2.24, 2.45) is 11.8 Å². The van der Waals surface area contributed by atoms with Gasteiger partial charge in [-0.1, -0.05) is 38.1 Å². The number of nitrogens with zero attached hydrogens (tertiary/aromatic N) is 2. The number of rotatable bonds is 7. The van der Waals surface area contributed by atoms with E-state index in [1.807, 2.05) is 53.6 Å². The van der Waals surface area contributed by atoms with Crippen molar-refractivity contribution in [3.05, 3.63) is 65.2 Å². The Morgan fingerprint density at radius 3 is 2.56 bits per heavy atom. The molecular formula is C27H31N3O3S. The van der Waals surface area contributed by atoms with Crippen LogP contribution >= 0.6 is 11.3 Å². The van der Waals surface area contributed by atoms with Crippen molar-refractivity contribution < 1.29 is 14.3 Å². The molecule has 0 aliphatic carbocycles. The van der Waals surface area contributed by atoms with Crippen LogP contribution in [0.2, 0.25) is 0 Å². The number of amides is 2. The van der Waals surface area contributed by atoms with E-state index in [9.17, 15) is 9.59 Å². The first kappa shape index (κ1) is 24.0. The summed E-state index contributed by atoms with van der Waals surface area (Å²) in [5.41, 5.74) is 2.68. The number of aromatic nitrogens is 1. The minimum Gasteiger partial charge on any atom is -0.493 e. The fourth-order valence-electron chi connectivity index (χ4n) is 4.57. The van der Waals surface area contributed by atoms with Gasteiger partial charge in [0.1, 0.15) is 10.8 Å². The van der Waals surface area contributed by atoms with E-state index in [2.05, 4.69) is 24.1 Å². The maximum absolute atomic E-state index is 13.2. The molecule has 2 atom stereocenters. The molecule has 0 spiro atoms. The molecule has 1 aromatic heterocycles. The minimum atomic E-state index is -0.199. The second-order valence-electron chi connectivity index (χ2n) is 9.00. The van der Waals surface area contributed by atoms with Crippen LogP contribution in [0.3, 0.4) is 0 Å². The summed E-state index contributed by atoms with van der Waals surface area (Å²) >= 11 is 1.49. The van der Waals surface area contributed by atoms with E-state index in [4.69, 9.17) is 4.74 Å². The molecule has 0 radical (unpaired) electrons. The molecule has 1 fully saturated rings. The monoisotopic (exact) mass is 477 g/mol. The highest BCUT2D eigenvalue weighted by atomic mass is 32.1. The fraction of sp³-hybridized carbons (Fsp3) is 0.370. The first-order valence-electron chi connectivity index (χ1n) is 11.8. The van der Waals surface area contributed by atoms with E-state index in [0.717, 1.165) is 35.8 Å². The summed E-state index contributed by atoms with van der Waals surface area (Å²) in [5, 5.41) is 5.65. The van der Waals surface area contributed by atoms with Crippen LogP contribution in [0.15, 0.2) is 53.9 Å². The average molecular weight is 478 g/mol. The van der Waals surface area contributed by atoms with E-state index >= 15 is 0 Å². The second-order valence-corrected chi connectivity index (χ2v) is 9.86. The van der Waals surface area contributed by atoms with E-state index < -0.39 is 0 Å². The molecule has 2 aromatic carbocycles. The van der Waals surface area contributed by atoms with Crippen LogP contribution in [-0.2, 0) is 11.2 Å². The lowest BCUT2D eigenvalue weighted by molar-refractivity contribution is -0.115. The summed E-state index contributed by atoms with van der Waals surface area (Å²) in [7, 11) is 0. The van der Waals surface area contributed by atoms with Crippen LogP contribution in [0.1, 0.15) is 43.2 Å². The number of ether oxygens (including phenoxy) is 1. The van der Waals surface area contributed by atoms with Crippen molar-refractivity contribution in [3.8, 4) is 16.3 Å². The maximum Gasteiger partial charge on any atom is 0.255 e. The first-order valence-corrected chi connectivity index (χ1v) is 12.7. The molecule has 0 bridgehead atoms. The smallest absolute Gasteiger partial charge is 0.255 e. The van der Waals surface area contributed by atoms with Gasteiger partial charge in [-0.05, 0) is 49.4 Å². The number of hydrogen-bond acceptors (Lipinski definition) is 5. The normalized spacial score (nSPS) is 17.9. The number of carbonyl (C=O) groups excluding carboxylic acids is 2. The molecule has 4 rings (SSSR count). The Bertz CT molecular complexity index is 1150. The predicted octanol–water partition coefficient (Wildman–Crippen LogP) is 5.51. The summed E-state index contributed by atoms with van der Waals surface area (Å²) in [6.07, 6.45) is 1.26. The van der Waals surface area contributed by atoms with Gasteiger partial charge in [-0.25, -0.2) is 4.98 Å². The number of nitrogens with one attached hydrogen (secondary N) is 1. The van der Waals surface area contributed by atoms with Crippen molar-refractivity contribution in [2.45, 2.75) is 33.6 Å². The summed E-state index contributed by atoms with van der Waals surface area (Å²) in [6.45, 7) is 8.37. The third-order valence-electron chi connectivity index (χ3n) is 5.90. The van der Waals surface area contributed by atoms with Crippen LogP contribution in [0.25, 0.3) is 10.6 Å². The summed E-state index contributed by atoms with van der Waals surface area (Å²) in [5.74, 6) is 1.50. The van der Waals surface area contributed by atoms with E-state index in [-0.39, 0.29) is 18.2 Å². The molecule has 2 amide bonds. The largest absolute Gasteiger partial charge is 0.493 e. The van der Waals surface area contributed by atoms with Crippen LogP contribution in [0.5, 0.6) is 5.75 Å². The predicted molar refractivity (Wildman–Crippen MR) is 136 cm³/mol. The summed E-state index contributed by atoms with van der Waals surface area (Å²) in [6, 6.07) is 15.0. The molecule has 2 unspecified atom stereocenters. The lowest BCUT2D eigenvalue weighted by Gasteiger charge is -2.35. The molecule has 2 heterocycles. The third-order valence-corrected chi connectivity index (χ3v) is 6.82. The molecule has 1 saturated heterocycles. The Morgan fingerprint density at radius 2 is 1.79 bits per heavy atom. The molecule has 7 heteroatoms. The van der Waals surface area contributed by atoms with Crippen molar-refractivity contribution in [1.82, 2.24) is 9.88 Å². The molecule has 1 N–H and O–H groups in total. The lowest BCUT2D eigenvalue weighted by Crippen LogP contribution is -2.42. The quantitative estimate of drug-likeness (QED) is 0.487. The topological polar surface area (TPSA) is 71.5 Å². The Kier molecular flexibility index (Phi) is 7.63. The zero-order chi connectivity index (χ0) is 24.1.